The number of amides is 2. The van der Waals surface area contributed by atoms with Gasteiger partial charge in [0.1, 0.15) is 17.7 Å². The maximum absolute atomic E-state index is 12.6. The van der Waals surface area contributed by atoms with Crippen molar-refractivity contribution in [1.29, 1.82) is 0 Å². The average Bonchev–Trinajstić information content (AvgIpc) is 3.38. The number of carbonyl (C=O) groups is 3. The maximum Gasteiger partial charge on any atom is 0.407 e. The van der Waals surface area contributed by atoms with Gasteiger partial charge in [-0.1, -0.05) is 48.5 Å². The van der Waals surface area contributed by atoms with Gasteiger partial charge in [-0.05, 0) is 29.2 Å². The fourth-order valence-electron chi connectivity index (χ4n) is 4.12. The summed E-state index contributed by atoms with van der Waals surface area (Å²) in [6.07, 6.45) is 4.60. The van der Waals surface area contributed by atoms with Gasteiger partial charge in [-0.3, -0.25) is 4.79 Å². The molecule has 0 saturated heterocycles. The summed E-state index contributed by atoms with van der Waals surface area (Å²) in [7, 11) is 0. The molecule has 0 radical (unpaired) electrons. The smallest absolute Gasteiger partial charge is 0.407 e. The zero-order valence-corrected chi connectivity index (χ0v) is 19.7. The van der Waals surface area contributed by atoms with Gasteiger partial charge >= 0.3 is 12.1 Å². The molecule has 1 heterocycles. The number of nitrogens with zero attached hydrogens (tertiary/aromatic N) is 1. The minimum Gasteiger partial charge on any atom is -0.476 e. The number of hydrogen-bond donors (Lipinski definition) is 3. The Morgan fingerprint density at radius 3 is 2.34 bits per heavy atom. The quantitative estimate of drug-likeness (QED) is 0.416. The van der Waals surface area contributed by atoms with Gasteiger partial charge in [0.2, 0.25) is 5.91 Å². The first-order valence-corrected chi connectivity index (χ1v) is 11.7. The number of carboxylic acids is 1. The van der Waals surface area contributed by atoms with Gasteiger partial charge in [-0.25, -0.2) is 14.6 Å². The molecule has 1 aliphatic rings. The van der Waals surface area contributed by atoms with Crippen LogP contribution < -0.4 is 10.6 Å². The zero-order valence-electron chi connectivity index (χ0n) is 18.9. The number of fused-ring (bicyclic) bond motifs is 3. The molecule has 0 bridgehead atoms. The van der Waals surface area contributed by atoms with E-state index < -0.39 is 24.0 Å². The Kier molecular flexibility index (Phi) is 7.13. The summed E-state index contributed by atoms with van der Waals surface area (Å²) in [6, 6.07) is 15.0. The molecule has 2 amide bonds. The number of terminal acetylenes is 1. The van der Waals surface area contributed by atoms with E-state index in [0.717, 1.165) is 22.3 Å². The third kappa shape index (κ3) is 5.18. The highest BCUT2D eigenvalue weighted by molar-refractivity contribution is 7.11. The Balaban J connectivity index is 1.36. The minimum absolute atomic E-state index is 0.0189. The summed E-state index contributed by atoms with van der Waals surface area (Å²) in [6.45, 7) is 1.78. The molecule has 1 atom stereocenters. The molecular weight excluding hydrogens is 466 g/mol. The Morgan fingerprint density at radius 2 is 1.77 bits per heavy atom. The molecule has 1 aromatic heterocycles. The Bertz CT molecular complexity index is 1280. The average molecular weight is 490 g/mol. The zero-order chi connectivity index (χ0) is 24.9. The van der Waals surface area contributed by atoms with E-state index in [9.17, 15) is 14.4 Å². The number of nitrogens with one attached hydrogen (secondary N) is 2. The minimum atomic E-state index is -1.13. The van der Waals surface area contributed by atoms with Crippen LogP contribution in [0.3, 0.4) is 0 Å². The highest BCUT2D eigenvalue weighted by Crippen LogP contribution is 2.44. The molecule has 0 saturated carbocycles. The molecule has 8 nitrogen and oxygen atoms in total. The van der Waals surface area contributed by atoms with Crippen molar-refractivity contribution >= 4 is 29.3 Å². The van der Waals surface area contributed by atoms with Crippen molar-refractivity contribution in [3.63, 3.8) is 0 Å². The number of ether oxygens (including phenoxy) is 1. The lowest BCUT2D eigenvalue weighted by Gasteiger charge is -2.18. The van der Waals surface area contributed by atoms with Crippen LogP contribution in [-0.2, 0) is 16.1 Å². The first-order valence-electron chi connectivity index (χ1n) is 10.9. The van der Waals surface area contributed by atoms with Crippen molar-refractivity contribution in [3.8, 4) is 23.5 Å². The van der Waals surface area contributed by atoms with E-state index in [2.05, 4.69) is 21.5 Å². The Hall–Kier alpha value is -4.16. The van der Waals surface area contributed by atoms with Crippen LogP contribution in [0.1, 0.15) is 43.8 Å². The third-order valence-corrected chi connectivity index (χ3v) is 6.70. The largest absolute Gasteiger partial charge is 0.476 e. The van der Waals surface area contributed by atoms with Crippen LogP contribution in [0, 0.1) is 19.3 Å². The van der Waals surface area contributed by atoms with Crippen LogP contribution in [0.15, 0.2) is 48.5 Å². The number of alkyl carbamates (subject to hydrolysis) is 1. The number of benzene rings is 2. The van der Waals surface area contributed by atoms with Crippen molar-refractivity contribution in [2.75, 3.05) is 6.61 Å². The summed E-state index contributed by atoms with van der Waals surface area (Å²) < 4.78 is 5.50. The van der Waals surface area contributed by atoms with Gasteiger partial charge in [-0.2, -0.15) is 0 Å². The molecule has 178 valence electrons. The lowest BCUT2D eigenvalue weighted by Crippen LogP contribution is -2.46. The third-order valence-electron chi connectivity index (χ3n) is 5.73. The molecule has 3 aromatic rings. The van der Waals surface area contributed by atoms with E-state index in [0.29, 0.717) is 9.88 Å². The summed E-state index contributed by atoms with van der Waals surface area (Å²) >= 11 is 1.18. The van der Waals surface area contributed by atoms with Crippen LogP contribution >= 0.6 is 11.3 Å². The van der Waals surface area contributed by atoms with Crippen LogP contribution in [0.4, 0.5) is 4.79 Å². The molecule has 0 fully saturated rings. The molecule has 0 aliphatic heterocycles. The van der Waals surface area contributed by atoms with E-state index in [1.165, 1.54) is 11.3 Å². The SMILES string of the molecule is C#CCC(NC(=O)OCC1c2ccccc2-c2ccccc21)C(=O)NCc1nc(C(=O)O)c(C)s1. The van der Waals surface area contributed by atoms with Crippen LogP contribution in [0.2, 0.25) is 0 Å². The predicted octanol–water partition coefficient (Wildman–Crippen LogP) is 3.70. The standard InChI is InChI=1S/C26H23N3O5S/c1-3-8-21(24(30)27-13-22-29-23(25(31)32)15(2)35-22)28-26(33)34-14-20-18-11-6-4-9-16(18)17-10-5-7-12-19(17)20/h1,4-7,9-12,20-21H,8,13-14H2,2H3,(H,27,30)(H,28,33)(H,31,32). The number of carbonyl (C=O) groups excluding carboxylic acids is 2. The number of aromatic carboxylic acids is 1. The van der Waals surface area contributed by atoms with Gasteiger partial charge in [0, 0.05) is 17.2 Å². The molecule has 3 N–H and O–H groups in total. The molecule has 9 heteroatoms. The topological polar surface area (TPSA) is 118 Å². The van der Waals surface area contributed by atoms with Crippen molar-refractivity contribution in [2.45, 2.75) is 31.8 Å². The van der Waals surface area contributed by atoms with Crippen molar-refractivity contribution in [3.05, 3.63) is 75.2 Å². The van der Waals surface area contributed by atoms with Crippen LogP contribution in [0.25, 0.3) is 11.1 Å². The molecule has 0 spiro atoms. The molecule has 35 heavy (non-hydrogen) atoms. The molecular formula is C26H23N3O5S. The maximum atomic E-state index is 12.6. The normalized spacial score (nSPS) is 12.7. The Morgan fingerprint density at radius 1 is 1.14 bits per heavy atom. The van der Waals surface area contributed by atoms with Gasteiger partial charge in [0.15, 0.2) is 5.69 Å². The summed E-state index contributed by atoms with van der Waals surface area (Å²) in [5.74, 6) is 0.636. The number of aromatic nitrogens is 1. The highest BCUT2D eigenvalue weighted by Gasteiger charge is 2.29. The molecule has 1 unspecified atom stereocenters. The lowest BCUT2D eigenvalue weighted by molar-refractivity contribution is -0.123. The van der Waals surface area contributed by atoms with E-state index in [4.69, 9.17) is 16.3 Å². The number of rotatable bonds is 8. The molecule has 2 aromatic carbocycles. The van der Waals surface area contributed by atoms with Crippen molar-refractivity contribution in [1.82, 2.24) is 15.6 Å². The second kappa shape index (κ2) is 10.4. The molecule has 1 aliphatic carbocycles. The number of aryl methyl sites for hydroxylation is 1. The van der Waals surface area contributed by atoms with Crippen LogP contribution in [0.5, 0.6) is 0 Å². The monoisotopic (exact) mass is 489 g/mol. The number of hydrogen-bond acceptors (Lipinski definition) is 6. The second-order valence-electron chi connectivity index (χ2n) is 7.97. The highest BCUT2D eigenvalue weighted by atomic mass is 32.1. The summed E-state index contributed by atoms with van der Waals surface area (Å²) in [5.41, 5.74) is 4.35. The van der Waals surface area contributed by atoms with Gasteiger partial charge in [0.05, 0.1) is 6.54 Å². The van der Waals surface area contributed by atoms with Gasteiger partial charge < -0.3 is 20.5 Å². The fraction of sp³-hybridized carbons (Fsp3) is 0.231. The van der Waals surface area contributed by atoms with Crippen molar-refractivity contribution < 1.29 is 24.2 Å². The van der Waals surface area contributed by atoms with Gasteiger partial charge in [0.25, 0.3) is 0 Å². The fourth-order valence-corrected chi connectivity index (χ4v) is 4.99. The lowest BCUT2D eigenvalue weighted by atomic mass is 9.98. The van der Waals surface area contributed by atoms with Crippen molar-refractivity contribution in [2.24, 2.45) is 0 Å². The van der Waals surface area contributed by atoms with Crippen LogP contribution in [-0.4, -0.2) is 40.7 Å². The van der Waals surface area contributed by atoms with E-state index in [1.807, 2.05) is 48.5 Å². The second-order valence-corrected chi connectivity index (χ2v) is 9.25. The first kappa shape index (κ1) is 24.0. The van der Waals surface area contributed by atoms with Gasteiger partial charge in [-0.15, -0.1) is 23.7 Å². The summed E-state index contributed by atoms with van der Waals surface area (Å²) in [5, 5.41) is 14.7. The number of carboxylic acid groups (broad SMARTS) is 1. The van der Waals surface area contributed by atoms with E-state index >= 15 is 0 Å². The summed E-state index contributed by atoms with van der Waals surface area (Å²) in [4.78, 5) is 40.9. The number of thiazole rings is 1. The Labute approximate surface area is 206 Å². The first-order chi connectivity index (χ1) is 16.9. The predicted molar refractivity (Wildman–Crippen MR) is 131 cm³/mol. The van der Waals surface area contributed by atoms with E-state index in [1.54, 1.807) is 6.92 Å². The van der Waals surface area contributed by atoms with E-state index in [-0.39, 0.29) is 31.2 Å². The molecule has 4 rings (SSSR count).